The number of carboxylic acids is 1. The van der Waals surface area contributed by atoms with Crippen LogP contribution in [0.5, 0.6) is 0 Å². The van der Waals surface area contributed by atoms with Crippen molar-refractivity contribution in [3.63, 3.8) is 0 Å². The average Bonchev–Trinajstić information content (AvgIpc) is 3.21. The second-order valence-corrected chi connectivity index (χ2v) is 9.27. The maximum absolute atomic E-state index is 12.7. The number of rotatable bonds is 9. The number of fused-ring (bicyclic) bond motifs is 2. The van der Waals surface area contributed by atoms with Crippen LogP contribution in [0.2, 0.25) is 0 Å². The minimum atomic E-state index is -0.776. The largest absolute Gasteiger partial charge is 0.481 e. The predicted octanol–water partition coefficient (Wildman–Crippen LogP) is 4.67. The van der Waals surface area contributed by atoms with Crippen molar-refractivity contribution < 1.29 is 14.7 Å². The van der Waals surface area contributed by atoms with Crippen molar-refractivity contribution in [2.24, 2.45) is 11.8 Å². The fourth-order valence-electron chi connectivity index (χ4n) is 3.77. The van der Waals surface area contributed by atoms with Crippen LogP contribution in [-0.4, -0.2) is 33.1 Å². The fourth-order valence-corrected chi connectivity index (χ4v) is 7.03. The number of ketones is 1. The van der Waals surface area contributed by atoms with E-state index in [4.69, 9.17) is 5.11 Å². The molecule has 2 aliphatic rings. The van der Waals surface area contributed by atoms with Crippen LogP contribution in [0.1, 0.15) is 32.1 Å². The van der Waals surface area contributed by atoms with Crippen LogP contribution in [0.15, 0.2) is 47.4 Å². The number of carbonyl (C=O) groups excluding carboxylic acids is 1. The fraction of sp³-hybridized carbons (Fsp3) is 0.500. The second kappa shape index (κ2) is 8.95. The van der Waals surface area contributed by atoms with Gasteiger partial charge in [-0.15, -0.1) is 11.8 Å². The van der Waals surface area contributed by atoms with Gasteiger partial charge in [-0.1, -0.05) is 24.3 Å². The van der Waals surface area contributed by atoms with Gasteiger partial charge in [0, 0.05) is 33.5 Å². The lowest BCUT2D eigenvalue weighted by atomic mass is 9.78. The Morgan fingerprint density at radius 1 is 1.20 bits per heavy atom. The molecule has 2 fully saturated rings. The van der Waals surface area contributed by atoms with Gasteiger partial charge in [0.25, 0.3) is 0 Å². The van der Waals surface area contributed by atoms with Gasteiger partial charge in [-0.25, -0.2) is 0 Å². The van der Waals surface area contributed by atoms with Crippen LogP contribution in [0.3, 0.4) is 0 Å². The van der Waals surface area contributed by atoms with Crippen LogP contribution in [0, 0.1) is 11.8 Å². The van der Waals surface area contributed by atoms with E-state index < -0.39 is 5.97 Å². The summed E-state index contributed by atoms with van der Waals surface area (Å²) in [6.45, 7) is 0. The first-order chi connectivity index (χ1) is 12.1. The Hall–Kier alpha value is -1.20. The van der Waals surface area contributed by atoms with Gasteiger partial charge in [0.1, 0.15) is 0 Å². The molecule has 2 saturated heterocycles. The summed E-state index contributed by atoms with van der Waals surface area (Å²) < 4.78 is 0. The van der Waals surface area contributed by atoms with E-state index in [1.165, 1.54) is 11.3 Å². The average molecular weight is 377 g/mol. The molecule has 134 valence electrons. The first-order valence-corrected chi connectivity index (χ1v) is 10.8. The summed E-state index contributed by atoms with van der Waals surface area (Å²) in [4.78, 5) is 24.5. The minimum Gasteiger partial charge on any atom is -0.481 e. The Morgan fingerprint density at radius 2 is 1.96 bits per heavy atom. The molecule has 1 aromatic carbocycles. The van der Waals surface area contributed by atoms with E-state index >= 15 is 0 Å². The molecule has 0 aliphatic carbocycles. The Kier molecular flexibility index (Phi) is 6.65. The molecule has 0 aromatic heterocycles. The molecule has 0 radical (unpaired) electrons. The summed E-state index contributed by atoms with van der Waals surface area (Å²) in [6, 6.07) is 10.4. The molecule has 3 nitrogen and oxygen atoms in total. The van der Waals surface area contributed by atoms with Crippen LogP contribution in [-0.2, 0) is 9.59 Å². The topological polar surface area (TPSA) is 54.4 Å². The van der Waals surface area contributed by atoms with Crippen molar-refractivity contribution in [3.05, 3.63) is 42.5 Å². The Balaban J connectivity index is 1.55. The quantitative estimate of drug-likeness (QED) is 0.386. The number of aliphatic carboxylic acids is 1. The van der Waals surface area contributed by atoms with Crippen LogP contribution in [0.4, 0.5) is 0 Å². The molecule has 25 heavy (non-hydrogen) atoms. The lowest BCUT2D eigenvalue weighted by molar-refractivity contribution is -0.137. The number of carboxylic acid groups (broad SMARTS) is 1. The SMILES string of the molecule is O=C(O)CCCC=CC(=O)[C@@H]1[C@H](CSc2ccccc2)[C@@H]2CC[C@H]1S2. The molecule has 0 saturated carbocycles. The molecule has 1 N–H and O–H groups in total. The van der Waals surface area contributed by atoms with E-state index in [2.05, 4.69) is 24.3 Å². The standard InChI is InChI=1S/C20H24O3S2/c21-16(9-5-2-6-10-19(22)23)20-15(17-11-12-18(20)25-17)13-24-14-7-3-1-4-8-14/h1,3-5,7-9,15,17-18,20H,2,6,10-13H2,(H,22,23)/t15-,17+,18-,20+/m1/s1. The molecule has 4 atom stereocenters. The predicted molar refractivity (Wildman–Crippen MR) is 104 cm³/mol. The molecule has 0 unspecified atom stereocenters. The first kappa shape index (κ1) is 18.6. The summed E-state index contributed by atoms with van der Waals surface area (Å²) in [5, 5.41) is 9.75. The monoisotopic (exact) mass is 376 g/mol. The maximum atomic E-state index is 12.7. The Morgan fingerprint density at radius 3 is 2.72 bits per heavy atom. The highest BCUT2D eigenvalue weighted by atomic mass is 32.2. The van der Waals surface area contributed by atoms with Gasteiger partial charge in [-0.2, -0.15) is 11.8 Å². The molecule has 2 aliphatic heterocycles. The summed E-state index contributed by atoms with van der Waals surface area (Å²) in [5.41, 5.74) is 0. The van der Waals surface area contributed by atoms with Gasteiger partial charge in [-0.05, 0) is 49.8 Å². The molecule has 0 amide bonds. The van der Waals surface area contributed by atoms with Gasteiger partial charge in [0.05, 0.1) is 0 Å². The molecular weight excluding hydrogens is 352 g/mol. The molecule has 5 heteroatoms. The highest BCUT2D eigenvalue weighted by molar-refractivity contribution is 8.01. The van der Waals surface area contributed by atoms with Gasteiger partial charge in [0.15, 0.2) is 5.78 Å². The zero-order chi connectivity index (χ0) is 17.6. The number of hydrogen-bond acceptors (Lipinski definition) is 4. The Labute approximate surface area is 157 Å². The minimum absolute atomic E-state index is 0.135. The van der Waals surface area contributed by atoms with Gasteiger partial charge < -0.3 is 5.11 Å². The van der Waals surface area contributed by atoms with Gasteiger partial charge in [-0.3, -0.25) is 9.59 Å². The van der Waals surface area contributed by atoms with Gasteiger partial charge >= 0.3 is 5.97 Å². The first-order valence-electron chi connectivity index (χ1n) is 8.90. The summed E-state index contributed by atoms with van der Waals surface area (Å²) in [5.74, 6) is 1.05. The smallest absolute Gasteiger partial charge is 0.303 e. The van der Waals surface area contributed by atoms with Crippen molar-refractivity contribution in [1.29, 1.82) is 0 Å². The van der Waals surface area contributed by atoms with Crippen molar-refractivity contribution in [3.8, 4) is 0 Å². The highest BCUT2D eigenvalue weighted by Gasteiger charge is 2.50. The zero-order valence-corrected chi connectivity index (χ0v) is 15.8. The zero-order valence-electron chi connectivity index (χ0n) is 14.2. The van der Waals surface area contributed by atoms with Gasteiger partial charge in [0.2, 0.25) is 0 Å². The summed E-state index contributed by atoms with van der Waals surface area (Å²) >= 11 is 3.87. The second-order valence-electron chi connectivity index (χ2n) is 6.69. The molecule has 3 rings (SSSR count). The molecule has 0 spiro atoms. The van der Waals surface area contributed by atoms with E-state index in [0.29, 0.717) is 29.3 Å². The molecular formula is C20H24O3S2. The lowest BCUT2D eigenvalue weighted by Crippen LogP contribution is -2.34. The van der Waals surface area contributed by atoms with Crippen molar-refractivity contribution in [1.82, 2.24) is 0 Å². The van der Waals surface area contributed by atoms with E-state index in [-0.39, 0.29) is 18.1 Å². The van der Waals surface area contributed by atoms with Crippen molar-refractivity contribution in [2.75, 3.05) is 5.75 Å². The lowest BCUT2D eigenvalue weighted by Gasteiger charge is -2.27. The third-order valence-corrected chi connectivity index (χ3v) is 7.95. The van der Waals surface area contributed by atoms with Crippen molar-refractivity contribution >= 4 is 35.3 Å². The van der Waals surface area contributed by atoms with E-state index in [1.807, 2.05) is 35.7 Å². The highest BCUT2D eigenvalue weighted by Crippen LogP contribution is 2.54. The number of allylic oxidation sites excluding steroid dienone is 2. The molecule has 1 aromatic rings. The normalized spacial score (nSPS) is 27.8. The van der Waals surface area contributed by atoms with Crippen LogP contribution in [0.25, 0.3) is 0 Å². The maximum Gasteiger partial charge on any atom is 0.303 e. The van der Waals surface area contributed by atoms with Crippen LogP contribution < -0.4 is 0 Å². The van der Waals surface area contributed by atoms with E-state index in [9.17, 15) is 9.59 Å². The number of unbranched alkanes of at least 4 members (excludes halogenated alkanes) is 1. The number of thioether (sulfide) groups is 2. The molecule has 2 bridgehead atoms. The Bertz CT molecular complexity index is 629. The number of carbonyl (C=O) groups is 2. The van der Waals surface area contributed by atoms with E-state index in [0.717, 1.165) is 12.2 Å². The summed E-state index contributed by atoms with van der Waals surface area (Å²) in [7, 11) is 0. The number of hydrogen-bond donors (Lipinski definition) is 1. The third-order valence-electron chi connectivity index (χ3n) is 4.98. The third kappa shape index (κ3) is 4.91. The summed E-state index contributed by atoms with van der Waals surface area (Å²) in [6.07, 6.45) is 7.40. The van der Waals surface area contributed by atoms with Crippen molar-refractivity contribution in [2.45, 2.75) is 47.5 Å². The van der Waals surface area contributed by atoms with E-state index in [1.54, 1.807) is 6.08 Å². The number of benzene rings is 1. The molecule has 2 heterocycles. The van der Waals surface area contributed by atoms with Crippen LogP contribution >= 0.6 is 23.5 Å².